The van der Waals surface area contributed by atoms with Crippen LogP contribution in [0, 0.1) is 13.8 Å². The summed E-state index contributed by atoms with van der Waals surface area (Å²) in [5, 5.41) is 10.8. The zero-order valence-electron chi connectivity index (χ0n) is 13.6. The fraction of sp³-hybridized carbons (Fsp3) is 0.167. The quantitative estimate of drug-likeness (QED) is 0.649. The molecule has 0 aliphatic carbocycles. The van der Waals surface area contributed by atoms with E-state index in [9.17, 15) is 4.79 Å². The van der Waals surface area contributed by atoms with Gasteiger partial charge in [-0.15, -0.1) is 5.10 Å². The van der Waals surface area contributed by atoms with Crippen LogP contribution in [0.5, 0.6) is 0 Å². The van der Waals surface area contributed by atoms with Crippen LogP contribution in [-0.4, -0.2) is 16.1 Å². The van der Waals surface area contributed by atoms with Crippen LogP contribution in [0.1, 0.15) is 32.9 Å². The van der Waals surface area contributed by atoms with Gasteiger partial charge in [-0.3, -0.25) is 10.1 Å². The van der Waals surface area contributed by atoms with E-state index in [1.54, 1.807) is 18.2 Å². The number of hydrogen-bond donors (Lipinski definition) is 1. The molecule has 0 atom stereocenters. The summed E-state index contributed by atoms with van der Waals surface area (Å²) in [6, 6.07) is 11.2. The minimum Gasteiger partial charge on any atom is -0.407 e. The van der Waals surface area contributed by atoms with Crippen molar-refractivity contribution in [3.8, 4) is 0 Å². The largest absolute Gasteiger partial charge is 0.407 e. The van der Waals surface area contributed by atoms with Gasteiger partial charge < -0.3 is 4.42 Å². The number of nitrogens with zero attached hydrogens (tertiary/aromatic N) is 2. The van der Waals surface area contributed by atoms with Gasteiger partial charge in [0.2, 0.25) is 5.89 Å². The smallest absolute Gasteiger partial charge is 0.322 e. The van der Waals surface area contributed by atoms with E-state index in [-0.39, 0.29) is 6.01 Å². The van der Waals surface area contributed by atoms with Crippen molar-refractivity contribution >= 4 is 39.5 Å². The molecule has 0 aliphatic rings. The SMILES string of the molecule is Cc1ccc(Cc2nnc(NC(=O)c3cc(Br)ccc3Cl)o2)cc1C. The predicted octanol–water partition coefficient (Wildman–Crippen LogP) is 4.95. The minimum absolute atomic E-state index is 0.0416. The summed E-state index contributed by atoms with van der Waals surface area (Å²) in [5.41, 5.74) is 3.83. The van der Waals surface area contributed by atoms with Crippen molar-refractivity contribution in [3.05, 3.63) is 74.0 Å². The van der Waals surface area contributed by atoms with Gasteiger partial charge in [-0.05, 0) is 48.7 Å². The topological polar surface area (TPSA) is 68.0 Å². The molecule has 0 spiro atoms. The van der Waals surface area contributed by atoms with Gasteiger partial charge in [0.25, 0.3) is 5.91 Å². The number of aryl methyl sites for hydroxylation is 2. The third-order valence-corrected chi connectivity index (χ3v) is 4.61. The number of anilines is 1. The number of carbonyl (C=O) groups excluding carboxylic acids is 1. The Bertz CT molecular complexity index is 940. The van der Waals surface area contributed by atoms with Gasteiger partial charge in [0.1, 0.15) is 0 Å². The van der Waals surface area contributed by atoms with E-state index in [0.717, 1.165) is 10.0 Å². The lowest BCUT2D eigenvalue weighted by Crippen LogP contribution is -2.12. The fourth-order valence-corrected chi connectivity index (χ4v) is 2.86. The molecule has 1 aromatic heterocycles. The normalized spacial score (nSPS) is 10.7. The van der Waals surface area contributed by atoms with Crippen LogP contribution in [0.4, 0.5) is 6.01 Å². The highest BCUT2D eigenvalue weighted by Crippen LogP contribution is 2.22. The standard InChI is InChI=1S/C18H15BrClN3O2/c1-10-3-4-12(7-11(10)2)8-16-22-23-18(25-16)21-17(24)14-9-13(19)5-6-15(14)20/h3-7,9H,8H2,1-2H3,(H,21,23,24). The molecule has 1 heterocycles. The third-order valence-electron chi connectivity index (χ3n) is 3.79. The Hall–Kier alpha value is -2.18. The highest BCUT2D eigenvalue weighted by atomic mass is 79.9. The Morgan fingerprint density at radius 1 is 1.16 bits per heavy atom. The van der Waals surface area contributed by atoms with Crippen LogP contribution < -0.4 is 5.32 Å². The Kier molecular flexibility index (Phi) is 5.20. The molecule has 0 saturated carbocycles. The lowest BCUT2D eigenvalue weighted by atomic mass is 10.0. The first-order valence-electron chi connectivity index (χ1n) is 7.57. The first-order chi connectivity index (χ1) is 11.9. The molecular weight excluding hydrogens is 406 g/mol. The maximum atomic E-state index is 12.3. The van der Waals surface area contributed by atoms with Crippen LogP contribution in [0.15, 0.2) is 45.3 Å². The van der Waals surface area contributed by atoms with E-state index in [0.29, 0.717) is 22.9 Å². The number of nitrogens with one attached hydrogen (secondary N) is 1. The molecule has 0 aliphatic heterocycles. The molecule has 0 saturated heterocycles. The zero-order chi connectivity index (χ0) is 18.0. The number of rotatable bonds is 4. The van der Waals surface area contributed by atoms with Crippen LogP contribution in [-0.2, 0) is 6.42 Å². The summed E-state index contributed by atoms with van der Waals surface area (Å²) in [4.78, 5) is 12.3. The molecule has 3 aromatic rings. The van der Waals surface area contributed by atoms with Gasteiger partial charge in [-0.2, -0.15) is 0 Å². The Labute approximate surface area is 158 Å². The summed E-state index contributed by atoms with van der Waals surface area (Å²) in [5.74, 6) is 0.0200. The Morgan fingerprint density at radius 2 is 1.96 bits per heavy atom. The first-order valence-corrected chi connectivity index (χ1v) is 8.74. The number of hydrogen-bond acceptors (Lipinski definition) is 4. The monoisotopic (exact) mass is 419 g/mol. The summed E-state index contributed by atoms with van der Waals surface area (Å²) in [6.45, 7) is 4.12. The Balaban J connectivity index is 1.72. The van der Waals surface area contributed by atoms with E-state index >= 15 is 0 Å². The highest BCUT2D eigenvalue weighted by Gasteiger charge is 2.15. The summed E-state index contributed by atoms with van der Waals surface area (Å²) >= 11 is 9.36. The molecule has 128 valence electrons. The van der Waals surface area contributed by atoms with Crippen LogP contribution in [0.25, 0.3) is 0 Å². The van der Waals surface area contributed by atoms with Crippen LogP contribution in [0.3, 0.4) is 0 Å². The van der Waals surface area contributed by atoms with E-state index in [4.69, 9.17) is 16.0 Å². The molecule has 5 nitrogen and oxygen atoms in total. The molecule has 3 rings (SSSR count). The predicted molar refractivity (Wildman–Crippen MR) is 100 cm³/mol. The lowest BCUT2D eigenvalue weighted by Gasteiger charge is -2.04. The molecule has 0 radical (unpaired) electrons. The molecule has 0 fully saturated rings. The van der Waals surface area contributed by atoms with Gasteiger partial charge in [-0.25, -0.2) is 0 Å². The molecular formula is C18H15BrClN3O2. The second-order valence-corrected chi connectivity index (χ2v) is 7.00. The maximum absolute atomic E-state index is 12.3. The van der Waals surface area contributed by atoms with Gasteiger partial charge in [-0.1, -0.05) is 50.8 Å². The number of halogens is 2. The maximum Gasteiger partial charge on any atom is 0.322 e. The van der Waals surface area contributed by atoms with E-state index in [1.807, 2.05) is 6.07 Å². The number of aromatic nitrogens is 2. The lowest BCUT2D eigenvalue weighted by molar-refractivity contribution is 0.102. The van der Waals surface area contributed by atoms with Gasteiger partial charge >= 0.3 is 6.01 Å². The van der Waals surface area contributed by atoms with E-state index < -0.39 is 5.91 Å². The number of amides is 1. The van der Waals surface area contributed by atoms with Gasteiger partial charge in [0.15, 0.2) is 0 Å². The number of carbonyl (C=O) groups is 1. The molecule has 0 unspecified atom stereocenters. The second-order valence-electron chi connectivity index (χ2n) is 5.67. The second kappa shape index (κ2) is 7.37. The number of benzene rings is 2. The molecule has 0 bridgehead atoms. The van der Waals surface area contributed by atoms with Crippen molar-refractivity contribution in [1.82, 2.24) is 10.2 Å². The average molecular weight is 421 g/mol. The summed E-state index contributed by atoms with van der Waals surface area (Å²) < 4.78 is 6.26. The molecule has 1 N–H and O–H groups in total. The van der Waals surface area contributed by atoms with Crippen molar-refractivity contribution in [3.63, 3.8) is 0 Å². The van der Waals surface area contributed by atoms with Crippen molar-refractivity contribution in [2.75, 3.05) is 5.32 Å². The van der Waals surface area contributed by atoms with Crippen molar-refractivity contribution < 1.29 is 9.21 Å². The highest BCUT2D eigenvalue weighted by molar-refractivity contribution is 9.10. The third kappa shape index (κ3) is 4.27. The van der Waals surface area contributed by atoms with Gasteiger partial charge in [0.05, 0.1) is 17.0 Å². The minimum atomic E-state index is -0.410. The first kappa shape index (κ1) is 17.6. The van der Waals surface area contributed by atoms with Crippen LogP contribution in [0.2, 0.25) is 5.02 Å². The Morgan fingerprint density at radius 3 is 2.72 bits per heavy atom. The van der Waals surface area contributed by atoms with Crippen molar-refractivity contribution in [2.24, 2.45) is 0 Å². The van der Waals surface area contributed by atoms with Crippen molar-refractivity contribution in [2.45, 2.75) is 20.3 Å². The summed E-state index contributed by atoms with van der Waals surface area (Å²) in [7, 11) is 0. The van der Waals surface area contributed by atoms with Crippen LogP contribution >= 0.6 is 27.5 Å². The van der Waals surface area contributed by atoms with Gasteiger partial charge in [0, 0.05) is 4.47 Å². The molecule has 2 aromatic carbocycles. The van der Waals surface area contributed by atoms with Crippen molar-refractivity contribution in [1.29, 1.82) is 0 Å². The average Bonchev–Trinajstić information content (AvgIpc) is 3.00. The molecule has 7 heteroatoms. The van der Waals surface area contributed by atoms with E-state index in [2.05, 4.69) is 57.4 Å². The fourth-order valence-electron chi connectivity index (χ4n) is 2.30. The molecule has 25 heavy (non-hydrogen) atoms. The van der Waals surface area contributed by atoms with E-state index in [1.165, 1.54) is 11.1 Å². The summed E-state index contributed by atoms with van der Waals surface area (Å²) in [6.07, 6.45) is 0.502. The molecule has 1 amide bonds. The zero-order valence-corrected chi connectivity index (χ0v) is 16.0.